The van der Waals surface area contributed by atoms with Crippen LogP contribution in [-0.4, -0.2) is 9.78 Å². The Morgan fingerprint density at radius 3 is 2.44 bits per heavy atom. The smallest absolute Gasteiger partial charge is 0.163 e. The first-order valence-electron chi connectivity index (χ1n) is 4.52. The summed E-state index contributed by atoms with van der Waals surface area (Å²) in [6, 6.07) is 6.78. The molecule has 0 amide bonds. The van der Waals surface area contributed by atoms with Crippen LogP contribution >= 0.6 is 0 Å². The minimum absolute atomic E-state index is 0.125. The van der Waals surface area contributed by atoms with Gasteiger partial charge in [0, 0.05) is 13.1 Å². The quantitative estimate of drug-likeness (QED) is 0.738. The molecule has 16 heavy (non-hydrogen) atoms. The topological polar surface area (TPSA) is 41.6 Å². The van der Waals surface area contributed by atoms with Crippen LogP contribution in [0.15, 0.2) is 24.3 Å². The molecule has 1 aromatic heterocycles. The van der Waals surface area contributed by atoms with Gasteiger partial charge >= 0.3 is 0 Å². The highest BCUT2D eigenvalue weighted by molar-refractivity contribution is 5.62. The van der Waals surface area contributed by atoms with Crippen LogP contribution in [0.2, 0.25) is 0 Å². The van der Waals surface area contributed by atoms with E-state index in [1.165, 1.54) is 23.9 Å². The van der Waals surface area contributed by atoms with E-state index in [0.29, 0.717) is 0 Å². The van der Waals surface area contributed by atoms with Crippen molar-refractivity contribution in [1.82, 2.24) is 9.78 Å². The fraction of sp³-hybridized carbons (Fsp3) is 0.0909. The van der Waals surface area contributed by atoms with E-state index < -0.39 is 11.6 Å². The Morgan fingerprint density at radius 1 is 1.31 bits per heavy atom. The van der Waals surface area contributed by atoms with Gasteiger partial charge in [-0.25, -0.2) is 8.78 Å². The second kappa shape index (κ2) is 3.74. The number of halogens is 2. The highest BCUT2D eigenvalue weighted by Gasteiger charge is 2.15. The molecule has 0 bridgehead atoms. The van der Waals surface area contributed by atoms with Crippen LogP contribution in [-0.2, 0) is 7.05 Å². The maximum atomic E-state index is 13.5. The van der Waals surface area contributed by atoms with Crippen molar-refractivity contribution in [2.24, 2.45) is 7.05 Å². The van der Waals surface area contributed by atoms with Crippen molar-refractivity contribution in [1.29, 1.82) is 5.26 Å². The predicted molar refractivity (Wildman–Crippen MR) is 53.3 cm³/mol. The zero-order valence-corrected chi connectivity index (χ0v) is 8.41. The second-order valence-electron chi connectivity index (χ2n) is 3.25. The number of aryl methyl sites for hydroxylation is 1. The van der Waals surface area contributed by atoms with Crippen molar-refractivity contribution in [3.8, 4) is 17.3 Å². The summed E-state index contributed by atoms with van der Waals surface area (Å²) >= 11 is 0. The van der Waals surface area contributed by atoms with Gasteiger partial charge in [-0.3, -0.25) is 4.68 Å². The highest BCUT2D eigenvalue weighted by Crippen LogP contribution is 2.25. The Labute approximate surface area is 90.5 Å². The Morgan fingerprint density at radius 2 is 1.94 bits per heavy atom. The van der Waals surface area contributed by atoms with E-state index in [1.807, 2.05) is 6.07 Å². The third kappa shape index (κ3) is 1.54. The summed E-state index contributed by atoms with van der Waals surface area (Å²) in [6.45, 7) is 0. The molecule has 0 spiro atoms. The molecule has 0 aliphatic rings. The van der Waals surface area contributed by atoms with Crippen molar-refractivity contribution in [3.63, 3.8) is 0 Å². The van der Waals surface area contributed by atoms with Crippen molar-refractivity contribution in [2.45, 2.75) is 0 Å². The number of nitriles is 1. The SMILES string of the molecule is Cn1nc(C#N)cc1-c1c(F)cccc1F. The lowest BCUT2D eigenvalue weighted by Crippen LogP contribution is -1.98. The Balaban J connectivity index is 2.68. The molecule has 80 valence electrons. The molecule has 0 saturated carbocycles. The van der Waals surface area contributed by atoms with E-state index in [-0.39, 0.29) is 17.0 Å². The molecule has 0 unspecified atom stereocenters. The first kappa shape index (κ1) is 10.3. The molecule has 0 aliphatic carbocycles. The van der Waals surface area contributed by atoms with Gasteiger partial charge in [0.2, 0.25) is 0 Å². The van der Waals surface area contributed by atoms with Crippen LogP contribution in [0.25, 0.3) is 11.3 Å². The standard InChI is InChI=1S/C11H7F2N3/c1-16-10(5-7(6-14)15-16)11-8(12)3-2-4-9(11)13/h2-5H,1H3. The summed E-state index contributed by atoms with van der Waals surface area (Å²) in [6.07, 6.45) is 0. The zero-order chi connectivity index (χ0) is 11.7. The Bertz CT molecular complexity index is 561. The van der Waals surface area contributed by atoms with Crippen LogP contribution < -0.4 is 0 Å². The first-order chi connectivity index (χ1) is 7.63. The fourth-order valence-electron chi connectivity index (χ4n) is 1.50. The van der Waals surface area contributed by atoms with Crippen LogP contribution in [0.5, 0.6) is 0 Å². The highest BCUT2D eigenvalue weighted by atomic mass is 19.1. The second-order valence-corrected chi connectivity index (χ2v) is 3.25. The van der Waals surface area contributed by atoms with E-state index in [9.17, 15) is 8.78 Å². The van der Waals surface area contributed by atoms with Gasteiger partial charge in [0.05, 0.1) is 11.3 Å². The monoisotopic (exact) mass is 219 g/mol. The lowest BCUT2D eigenvalue weighted by molar-refractivity contribution is 0.585. The minimum Gasteiger partial charge on any atom is -0.266 e. The molecule has 0 radical (unpaired) electrons. The number of benzene rings is 1. The average molecular weight is 219 g/mol. The number of hydrogen-bond acceptors (Lipinski definition) is 2. The molecule has 2 rings (SSSR count). The average Bonchev–Trinajstić information content (AvgIpc) is 2.60. The van der Waals surface area contributed by atoms with Gasteiger partial charge in [-0.15, -0.1) is 0 Å². The molecule has 2 aromatic rings. The van der Waals surface area contributed by atoms with Gasteiger partial charge < -0.3 is 0 Å². The van der Waals surface area contributed by atoms with Crippen molar-refractivity contribution in [3.05, 3.63) is 41.6 Å². The summed E-state index contributed by atoms with van der Waals surface area (Å²) in [5.41, 5.74) is 0.200. The van der Waals surface area contributed by atoms with Crippen molar-refractivity contribution >= 4 is 0 Å². The van der Waals surface area contributed by atoms with E-state index in [4.69, 9.17) is 5.26 Å². The van der Waals surface area contributed by atoms with E-state index in [0.717, 1.165) is 12.1 Å². The Kier molecular flexibility index (Phi) is 2.41. The van der Waals surface area contributed by atoms with Gasteiger partial charge in [0.25, 0.3) is 0 Å². The number of aromatic nitrogens is 2. The van der Waals surface area contributed by atoms with Gasteiger partial charge in [-0.2, -0.15) is 10.4 Å². The maximum Gasteiger partial charge on any atom is 0.163 e. The number of rotatable bonds is 1. The lowest BCUT2D eigenvalue weighted by atomic mass is 10.1. The number of nitrogens with zero attached hydrogens (tertiary/aromatic N) is 3. The van der Waals surface area contributed by atoms with Gasteiger partial charge in [0.1, 0.15) is 17.7 Å². The van der Waals surface area contributed by atoms with Crippen LogP contribution in [0.3, 0.4) is 0 Å². The first-order valence-corrected chi connectivity index (χ1v) is 4.52. The molecule has 1 heterocycles. The maximum absolute atomic E-state index is 13.5. The summed E-state index contributed by atoms with van der Waals surface area (Å²) in [7, 11) is 1.53. The molecule has 0 atom stereocenters. The number of hydrogen-bond donors (Lipinski definition) is 0. The molecule has 0 saturated heterocycles. The fourth-order valence-corrected chi connectivity index (χ4v) is 1.50. The molecule has 3 nitrogen and oxygen atoms in total. The molecule has 0 N–H and O–H groups in total. The zero-order valence-electron chi connectivity index (χ0n) is 8.41. The van der Waals surface area contributed by atoms with Crippen LogP contribution in [0.4, 0.5) is 8.78 Å². The molecule has 5 heteroatoms. The third-order valence-corrected chi connectivity index (χ3v) is 2.21. The van der Waals surface area contributed by atoms with E-state index in [1.54, 1.807) is 0 Å². The van der Waals surface area contributed by atoms with Crippen LogP contribution in [0, 0.1) is 23.0 Å². The Hall–Kier alpha value is -2.22. The van der Waals surface area contributed by atoms with E-state index >= 15 is 0 Å². The van der Waals surface area contributed by atoms with Gasteiger partial charge in [-0.1, -0.05) is 6.07 Å². The van der Waals surface area contributed by atoms with Crippen molar-refractivity contribution in [2.75, 3.05) is 0 Å². The van der Waals surface area contributed by atoms with Crippen LogP contribution in [0.1, 0.15) is 5.69 Å². The predicted octanol–water partition coefficient (Wildman–Crippen LogP) is 2.24. The summed E-state index contributed by atoms with van der Waals surface area (Å²) in [4.78, 5) is 0. The van der Waals surface area contributed by atoms with Gasteiger partial charge in [0.15, 0.2) is 5.69 Å². The summed E-state index contributed by atoms with van der Waals surface area (Å²) in [5, 5.41) is 12.5. The summed E-state index contributed by atoms with van der Waals surface area (Å²) in [5.74, 6) is -1.35. The molecule has 1 aromatic carbocycles. The molecule has 0 aliphatic heterocycles. The molecular weight excluding hydrogens is 212 g/mol. The minimum atomic E-state index is -0.674. The van der Waals surface area contributed by atoms with E-state index in [2.05, 4.69) is 5.10 Å². The molecule has 0 fully saturated rings. The third-order valence-electron chi connectivity index (χ3n) is 2.21. The summed E-state index contributed by atoms with van der Waals surface area (Å²) < 4.78 is 28.2. The molecular formula is C11H7F2N3. The lowest BCUT2D eigenvalue weighted by Gasteiger charge is -2.04. The van der Waals surface area contributed by atoms with Crippen molar-refractivity contribution < 1.29 is 8.78 Å². The van der Waals surface area contributed by atoms with Gasteiger partial charge in [-0.05, 0) is 12.1 Å². The largest absolute Gasteiger partial charge is 0.266 e. The normalized spacial score (nSPS) is 10.1.